The van der Waals surface area contributed by atoms with Crippen molar-refractivity contribution in [1.82, 2.24) is 24.5 Å². The molecule has 0 aromatic carbocycles. The minimum atomic E-state index is 0.762. The van der Waals surface area contributed by atoms with Crippen LogP contribution in [-0.4, -0.2) is 24.5 Å². The first kappa shape index (κ1) is 11.8. The van der Waals surface area contributed by atoms with Gasteiger partial charge < -0.3 is 0 Å². The molecule has 0 saturated heterocycles. The zero-order valence-electron chi connectivity index (χ0n) is 9.03. The Morgan fingerprint density at radius 3 is 2.50 bits per heavy atom. The van der Waals surface area contributed by atoms with E-state index in [1.165, 1.54) is 0 Å². The fourth-order valence-corrected chi connectivity index (χ4v) is 2.38. The van der Waals surface area contributed by atoms with Crippen LogP contribution in [-0.2, 0) is 0 Å². The average Bonchev–Trinajstić information content (AvgIpc) is 2.98. The van der Waals surface area contributed by atoms with E-state index in [0.717, 1.165) is 19.7 Å². The van der Waals surface area contributed by atoms with Gasteiger partial charge in [-0.15, -0.1) is 0 Å². The van der Waals surface area contributed by atoms with Gasteiger partial charge >= 0.3 is 0 Å². The van der Waals surface area contributed by atoms with Crippen molar-refractivity contribution in [2.24, 2.45) is 0 Å². The zero-order valence-corrected chi connectivity index (χ0v) is 12.8. The van der Waals surface area contributed by atoms with Crippen LogP contribution in [0, 0.1) is 3.57 Å². The summed E-state index contributed by atoms with van der Waals surface area (Å²) in [6.45, 7) is 0. The Hall–Kier alpha value is -1.22. The van der Waals surface area contributed by atoms with Crippen molar-refractivity contribution >= 4 is 38.5 Å². The maximum absolute atomic E-state index is 4.53. The molecule has 0 N–H and O–H groups in total. The normalized spacial score (nSPS) is 10.8. The molecule has 0 bridgehead atoms. The predicted octanol–water partition coefficient (Wildman–Crippen LogP) is 2.82. The molecule has 7 heteroatoms. The standard InChI is InChI=1S/C11H7BrIN5/c12-8-6-15-18(7-8)11-5-9(13)4-10(16-11)17-3-1-2-14-17/h1-7H. The van der Waals surface area contributed by atoms with Crippen molar-refractivity contribution < 1.29 is 0 Å². The second kappa shape index (κ2) is 4.81. The van der Waals surface area contributed by atoms with Gasteiger partial charge in [0.05, 0.1) is 10.7 Å². The van der Waals surface area contributed by atoms with E-state index in [1.54, 1.807) is 21.8 Å². The van der Waals surface area contributed by atoms with Crippen LogP contribution in [0.15, 0.2) is 47.5 Å². The second-order valence-corrected chi connectivity index (χ2v) is 5.72. The Kier molecular flexibility index (Phi) is 3.16. The van der Waals surface area contributed by atoms with E-state index in [1.807, 2.05) is 30.6 Å². The quantitative estimate of drug-likeness (QED) is 0.604. The summed E-state index contributed by atoms with van der Waals surface area (Å²) in [5.41, 5.74) is 0. The molecule has 18 heavy (non-hydrogen) atoms. The third-order valence-electron chi connectivity index (χ3n) is 2.29. The van der Waals surface area contributed by atoms with Crippen LogP contribution >= 0.6 is 38.5 Å². The molecular weight excluding hydrogens is 409 g/mol. The van der Waals surface area contributed by atoms with Crippen LogP contribution in [0.25, 0.3) is 11.6 Å². The summed E-state index contributed by atoms with van der Waals surface area (Å²) >= 11 is 5.63. The monoisotopic (exact) mass is 415 g/mol. The predicted molar refractivity (Wildman–Crippen MR) is 78.9 cm³/mol. The fourth-order valence-electron chi connectivity index (χ4n) is 1.54. The van der Waals surface area contributed by atoms with Crippen LogP contribution in [0.1, 0.15) is 0 Å². The molecule has 3 aromatic heterocycles. The Morgan fingerprint density at radius 1 is 1.11 bits per heavy atom. The molecule has 0 unspecified atom stereocenters. The summed E-state index contributed by atoms with van der Waals surface area (Å²) in [6, 6.07) is 5.80. The largest absolute Gasteiger partial charge is 0.223 e. The lowest BCUT2D eigenvalue weighted by molar-refractivity contribution is 0.801. The van der Waals surface area contributed by atoms with Crippen molar-refractivity contribution in [3.05, 3.63) is 51.0 Å². The van der Waals surface area contributed by atoms with Gasteiger partial charge in [-0.3, -0.25) is 0 Å². The van der Waals surface area contributed by atoms with Crippen LogP contribution in [0.5, 0.6) is 0 Å². The van der Waals surface area contributed by atoms with E-state index in [4.69, 9.17) is 0 Å². The van der Waals surface area contributed by atoms with Gasteiger partial charge in [-0.1, -0.05) is 0 Å². The Bertz CT molecular complexity index is 677. The summed E-state index contributed by atoms with van der Waals surface area (Å²) < 4.78 is 5.45. The van der Waals surface area contributed by atoms with Crippen LogP contribution in [0.4, 0.5) is 0 Å². The van der Waals surface area contributed by atoms with Gasteiger partial charge in [-0.2, -0.15) is 10.2 Å². The number of aromatic nitrogens is 5. The molecule has 0 aliphatic heterocycles. The van der Waals surface area contributed by atoms with Crippen LogP contribution in [0.3, 0.4) is 0 Å². The lowest BCUT2D eigenvalue weighted by Gasteiger charge is -2.05. The minimum absolute atomic E-state index is 0.762. The molecule has 0 radical (unpaired) electrons. The van der Waals surface area contributed by atoms with Crippen molar-refractivity contribution in [1.29, 1.82) is 0 Å². The van der Waals surface area contributed by atoms with E-state index in [2.05, 4.69) is 53.7 Å². The summed E-state index contributed by atoms with van der Waals surface area (Å²) in [5, 5.41) is 8.40. The molecule has 0 atom stereocenters. The van der Waals surface area contributed by atoms with Gasteiger partial charge in [0.25, 0.3) is 0 Å². The number of hydrogen-bond donors (Lipinski definition) is 0. The molecule has 0 saturated carbocycles. The van der Waals surface area contributed by atoms with E-state index in [-0.39, 0.29) is 0 Å². The molecule has 90 valence electrons. The summed E-state index contributed by atoms with van der Waals surface area (Å²) in [4.78, 5) is 4.53. The highest BCUT2D eigenvalue weighted by Crippen LogP contribution is 2.16. The van der Waals surface area contributed by atoms with Crippen molar-refractivity contribution in [2.75, 3.05) is 0 Å². The number of halogens is 2. The highest BCUT2D eigenvalue weighted by molar-refractivity contribution is 14.1. The molecule has 3 heterocycles. The number of nitrogens with zero attached hydrogens (tertiary/aromatic N) is 5. The SMILES string of the molecule is Brc1cnn(-c2cc(I)cc(-n3cccn3)n2)c1. The molecule has 3 aromatic rings. The van der Waals surface area contributed by atoms with E-state index < -0.39 is 0 Å². The minimum Gasteiger partial charge on any atom is -0.223 e. The van der Waals surface area contributed by atoms with Crippen LogP contribution in [0.2, 0.25) is 0 Å². The first-order chi connectivity index (χ1) is 8.72. The van der Waals surface area contributed by atoms with Gasteiger partial charge in [0.1, 0.15) is 0 Å². The van der Waals surface area contributed by atoms with Crippen molar-refractivity contribution in [3.8, 4) is 11.6 Å². The fraction of sp³-hybridized carbons (Fsp3) is 0. The third-order valence-corrected chi connectivity index (χ3v) is 3.32. The number of pyridine rings is 1. The Balaban J connectivity index is 2.11. The third kappa shape index (κ3) is 2.32. The molecular formula is C11H7BrIN5. The molecule has 5 nitrogen and oxygen atoms in total. The topological polar surface area (TPSA) is 48.5 Å². The Morgan fingerprint density at radius 2 is 1.89 bits per heavy atom. The first-order valence-electron chi connectivity index (χ1n) is 5.10. The number of rotatable bonds is 2. The smallest absolute Gasteiger partial charge is 0.156 e. The van der Waals surface area contributed by atoms with E-state index >= 15 is 0 Å². The summed E-state index contributed by atoms with van der Waals surface area (Å²) in [6.07, 6.45) is 7.19. The first-order valence-corrected chi connectivity index (χ1v) is 6.98. The van der Waals surface area contributed by atoms with Crippen molar-refractivity contribution in [3.63, 3.8) is 0 Å². The Labute approximate surface area is 125 Å². The van der Waals surface area contributed by atoms with Gasteiger partial charge in [0, 0.05) is 22.2 Å². The summed E-state index contributed by atoms with van der Waals surface area (Å²) in [7, 11) is 0. The van der Waals surface area contributed by atoms with Gasteiger partial charge in [-0.05, 0) is 56.7 Å². The molecule has 0 amide bonds. The lowest BCUT2D eigenvalue weighted by atomic mass is 10.4. The zero-order chi connectivity index (χ0) is 12.5. The van der Waals surface area contributed by atoms with Gasteiger partial charge in [0.2, 0.25) is 0 Å². The summed E-state index contributed by atoms with van der Waals surface area (Å²) in [5.74, 6) is 1.53. The lowest BCUT2D eigenvalue weighted by Crippen LogP contribution is -2.04. The molecule has 0 aliphatic carbocycles. The molecule has 0 spiro atoms. The second-order valence-electron chi connectivity index (χ2n) is 3.56. The number of hydrogen-bond acceptors (Lipinski definition) is 3. The maximum atomic E-state index is 4.53. The highest BCUT2D eigenvalue weighted by Gasteiger charge is 2.06. The average molecular weight is 416 g/mol. The van der Waals surface area contributed by atoms with Gasteiger partial charge in [0.15, 0.2) is 11.6 Å². The molecule has 0 aliphatic rings. The molecule has 0 fully saturated rings. The maximum Gasteiger partial charge on any atom is 0.156 e. The van der Waals surface area contributed by atoms with Crippen molar-refractivity contribution in [2.45, 2.75) is 0 Å². The molecule has 3 rings (SSSR count). The van der Waals surface area contributed by atoms with E-state index in [9.17, 15) is 0 Å². The van der Waals surface area contributed by atoms with Crippen LogP contribution < -0.4 is 0 Å². The van der Waals surface area contributed by atoms with Gasteiger partial charge in [-0.25, -0.2) is 14.3 Å². The van der Waals surface area contributed by atoms with E-state index in [0.29, 0.717) is 0 Å². The highest BCUT2D eigenvalue weighted by atomic mass is 127.